The summed E-state index contributed by atoms with van der Waals surface area (Å²) in [5.74, 6) is 0. The first kappa shape index (κ1) is 13.1. The molecule has 1 aliphatic carbocycles. The standard InChI is InChI=1S/C14H20BrNO/c1-14(2)12(16-3)8-13(14)17-9-10-6-4-5-7-11(10)15/h4-7,12-13,16H,8-9H2,1-3H3. The molecule has 0 aliphatic heterocycles. The molecule has 1 saturated carbocycles. The maximum absolute atomic E-state index is 6.02. The van der Waals surface area contributed by atoms with Crippen molar-refractivity contribution in [2.75, 3.05) is 7.05 Å². The van der Waals surface area contributed by atoms with Crippen LogP contribution in [0, 0.1) is 5.41 Å². The molecule has 0 radical (unpaired) electrons. The Balaban J connectivity index is 1.91. The number of rotatable bonds is 4. The summed E-state index contributed by atoms with van der Waals surface area (Å²) in [6.07, 6.45) is 1.46. The normalized spacial score (nSPS) is 26.6. The topological polar surface area (TPSA) is 21.3 Å². The SMILES string of the molecule is CNC1CC(OCc2ccccc2Br)C1(C)C. The van der Waals surface area contributed by atoms with Crippen molar-refractivity contribution in [1.82, 2.24) is 5.32 Å². The maximum Gasteiger partial charge on any atom is 0.0731 e. The van der Waals surface area contributed by atoms with Crippen molar-refractivity contribution >= 4 is 15.9 Å². The Morgan fingerprint density at radius 2 is 2.12 bits per heavy atom. The lowest BCUT2D eigenvalue weighted by atomic mass is 9.64. The van der Waals surface area contributed by atoms with E-state index in [2.05, 4.69) is 47.2 Å². The summed E-state index contributed by atoms with van der Waals surface area (Å²) in [6.45, 7) is 5.22. The van der Waals surface area contributed by atoms with Gasteiger partial charge >= 0.3 is 0 Å². The number of ether oxygens (including phenoxy) is 1. The van der Waals surface area contributed by atoms with Gasteiger partial charge in [-0.3, -0.25) is 0 Å². The summed E-state index contributed by atoms with van der Waals surface area (Å²) in [4.78, 5) is 0. The number of hydrogen-bond donors (Lipinski definition) is 1. The van der Waals surface area contributed by atoms with Gasteiger partial charge in [0, 0.05) is 15.9 Å². The minimum atomic E-state index is 0.232. The van der Waals surface area contributed by atoms with E-state index in [1.807, 2.05) is 19.2 Å². The third-order valence-corrected chi connectivity index (χ3v) is 4.70. The number of halogens is 1. The molecule has 0 spiro atoms. The van der Waals surface area contributed by atoms with E-state index in [-0.39, 0.29) is 5.41 Å². The van der Waals surface area contributed by atoms with Gasteiger partial charge in [-0.1, -0.05) is 48.0 Å². The van der Waals surface area contributed by atoms with Gasteiger partial charge in [0.25, 0.3) is 0 Å². The molecule has 1 fully saturated rings. The molecule has 1 aromatic rings. The van der Waals surface area contributed by atoms with Crippen LogP contribution in [0.1, 0.15) is 25.8 Å². The van der Waals surface area contributed by atoms with Crippen LogP contribution in [0.4, 0.5) is 0 Å². The molecule has 0 aromatic heterocycles. The van der Waals surface area contributed by atoms with Crippen LogP contribution in [0.15, 0.2) is 28.7 Å². The zero-order chi connectivity index (χ0) is 12.5. The van der Waals surface area contributed by atoms with E-state index in [1.165, 1.54) is 5.56 Å². The average Bonchev–Trinajstić information content (AvgIpc) is 2.30. The zero-order valence-corrected chi connectivity index (χ0v) is 12.3. The van der Waals surface area contributed by atoms with Crippen LogP contribution in [-0.4, -0.2) is 19.2 Å². The molecule has 17 heavy (non-hydrogen) atoms. The maximum atomic E-state index is 6.02. The molecule has 0 bridgehead atoms. The molecule has 0 saturated heterocycles. The lowest BCUT2D eigenvalue weighted by Gasteiger charge is -2.51. The van der Waals surface area contributed by atoms with Gasteiger partial charge in [0.05, 0.1) is 12.7 Å². The summed E-state index contributed by atoms with van der Waals surface area (Å²) < 4.78 is 7.15. The Morgan fingerprint density at radius 3 is 2.71 bits per heavy atom. The number of nitrogens with one attached hydrogen (secondary N) is 1. The highest BCUT2D eigenvalue weighted by atomic mass is 79.9. The average molecular weight is 298 g/mol. The first-order valence-corrected chi connectivity index (χ1v) is 6.87. The van der Waals surface area contributed by atoms with Crippen molar-refractivity contribution in [3.8, 4) is 0 Å². The van der Waals surface area contributed by atoms with Gasteiger partial charge in [-0.25, -0.2) is 0 Å². The largest absolute Gasteiger partial charge is 0.373 e. The van der Waals surface area contributed by atoms with Crippen LogP contribution in [0.3, 0.4) is 0 Å². The third kappa shape index (κ3) is 2.56. The van der Waals surface area contributed by atoms with Gasteiger partial charge < -0.3 is 10.1 Å². The Kier molecular flexibility index (Phi) is 3.91. The van der Waals surface area contributed by atoms with Gasteiger partial charge in [0.2, 0.25) is 0 Å². The quantitative estimate of drug-likeness (QED) is 0.920. The molecule has 3 heteroatoms. The highest BCUT2D eigenvalue weighted by Gasteiger charge is 2.48. The van der Waals surface area contributed by atoms with Gasteiger partial charge in [-0.2, -0.15) is 0 Å². The van der Waals surface area contributed by atoms with E-state index in [0.29, 0.717) is 18.8 Å². The Hall–Kier alpha value is -0.380. The molecule has 2 nitrogen and oxygen atoms in total. The predicted octanol–water partition coefficient (Wildman–Crippen LogP) is 3.35. The first-order chi connectivity index (χ1) is 8.05. The van der Waals surface area contributed by atoms with Crippen LogP contribution in [-0.2, 0) is 11.3 Å². The second kappa shape index (κ2) is 5.09. The van der Waals surface area contributed by atoms with Crippen molar-refractivity contribution in [2.24, 2.45) is 5.41 Å². The van der Waals surface area contributed by atoms with Crippen LogP contribution in [0.5, 0.6) is 0 Å². The fourth-order valence-corrected chi connectivity index (χ4v) is 2.86. The van der Waals surface area contributed by atoms with E-state index in [9.17, 15) is 0 Å². The highest BCUT2D eigenvalue weighted by molar-refractivity contribution is 9.10. The van der Waals surface area contributed by atoms with Crippen LogP contribution < -0.4 is 5.32 Å². The van der Waals surface area contributed by atoms with Crippen LogP contribution in [0.2, 0.25) is 0 Å². The summed E-state index contributed by atoms with van der Waals surface area (Å²) in [6, 6.07) is 8.81. The summed E-state index contributed by atoms with van der Waals surface area (Å²) in [5, 5.41) is 3.34. The van der Waals surface area contributed by atoms with Crippen LogP contribution in [0.25, 0.3) is 0 Å². The van der Waals surface area contributed by atoms with Crippen molar-refractivity contribution in [2.45, 2.75) is 39.0 Å². The lowest BCUT2D eigenvalue weighted by Crippen LogP contribution is -2.59. The second-order valence-electron chi connectivity index (χ2n) is 5.29. The minimum absolute atomic E-state index is 0.232. The minimum Gasteiger partial charge on any atom is -0.373 e. The number of benzene rings is 1. The Labute approximate surface area is 112 Å². The Bertz CT molecular complexity index is 392. The van der Waals surface area contributed by atoms with E-state index in [4.69, 9.17) is 4.74 Å². The molecule has 0 amide bonds. The van der Waals surface area contributed by atoms with Gasteiger partial charge in [0.15, 0.2) is 0 Å². The monoisotopic (exact) mass is 297 g/mol. The van der Waals surface area contributed by atoms with Crippen molar-refractivity contribution in [3.63, 3.8) is 0 Å². The zero-order valence-electron chi connectivity index (χ0n) is 10.7. The fourth-order valence-electron chi connectivity index (χ4n) is 2.46. The number of hydrogen-bond acceptors (Lipinski definition) is 2. The van der Waals surface area contributed by atoms with E-state index in [0.717, 1.165) is 10.9 Å². The van der Waals surface area contributed by atoms with E-state index >= 15 is 0 Å². The second-order valence-corrected chi connectivity index (χ2v) is 6.14. The molecule has 2 rings (SSSR count). The molecule has 0 heterocycles. The molecule has 2 unspecified atom stereocenters. The Morgan fingerprint density at radius 1 is 1.41 bits per heavy atom. The summed E-state index contributed by atoms with van der Waals surface area (Å²) in [7, 11) is 2.02. The van der Waals surface area contributed by atoms with Crippen LogP contribution >= 0.6 is 15.9 Å². The van der Waals surface area contributed by atoms with Crippen molar-refractivity contribution < 1.29 is 4.74 Å². The van der Waals surface area contributed by atoms with Gasteiger partial charge in [-0.05, 0) is 25.1 Å². The summed E-state index contributed by atoms with van der Waals surface area (Å²) >= 11 is 3.55. The molecular formula is C14H20BrNO. The third-order valence-electron chi connectivity index (χ3n) is 3.92. The summed E-state index contributed by atoms with van der Waals surface area (Å²) in [5.41, 5.74) is 1.45. The first-order valence-electron chi connectivity index (χ1n) is 6.08. The molecular weight excluding hydrogens is 278 g/mol. The smallest absolute Gasteiger partial charge is 0.0731 e. The fraction of sp³-hybridized carbons (Fsp3) is 0.571. The van der Waals surface area contributed by atoms with E-state index < -0.39 is 0 Å². The van der Waals surface area contributed by atoms with Crippen molar-refractivity contribution in [3.05, 3.63) is 34.3 Å². The molecule has 1 aromatic carbocycles. The van der Waals surface area contributed by atoms with Gasteiger partial charge in [-0.15, -0.1) is 0 Å². The van der Waals surface area contributed by atoms with Gasteiger partial charge in [0.1, 0.15) is 0 Å². The molecule has 2 atom stereocenters. The lowest BCUT2D eigenvalue weighted by molar-refractivity contribution is -0.123. The molecule has 1 N–H and O–H groups in total. The highest BCUT2D eigenvalue weighted by Crippen LogP contribution is 2.43. The van der Waals surface area contributed by atoms with Crippen molar-refractivity contribution in [1.29, 1.82) is 0 Å². The molecule has 1 aliphatic rings. The van der Waals surface area contributed by atoms with E-state index in [1.54, 1.807) is 0 Å². The predicted molar refractivity (Wildman–Crippen MR) is 74.0 cm³/mol. The molecule has 94 valence electrons.